The second kappa shape index (κ2) is 20.0. The molecule has 1 saturated heterocycles. The Morgan fingerprint density at radius 3 is 1.71 bits per heavy atom. The molecule has 5 nitrogen and oxygen atoms in total. The van der Waals surface area contributed by atoms with E-state index in [1.807, 2.05) is 6.08 Å². The first-order valence-electron chi connectivity index (χ1n) is 13.1. The van der Waals surface area contributed by atoms with E-state index >= 15 is 0 Å². The van der Waals surface area contributed by atoms with Crippen LogP contribution in [0.1, 0.15) is 116 Å². The zero-order valence-corrected chi connectivity index (χ0v) is 20.1. The molecule has 184 valence electrons. The normalized spacial score (nSPS) is 22.4. The van der Waals surface area contributed by atoms with Crippen molar-refractivity contribution < 1.29 is 24.8 Å². The fraction of sp³-hybridized carbons (Fsp3) is 0.923. The van der Waals surface area contributed by atoms with Gasteiger partial charge in [0.05, 0.1) is 19.5 Å². The third kappa shape index (κ3) is 14.2. The molecule has 0 aliphatic carbocycles. The van der Waals surface area contributed by atoms with Gasteiger partial charge >= 0.3 is 0 Å². The maximum Gasteiger partial charge on any atom is 0.149 e. The van der Waals surface area contributed by atoms with Crippen molar-refractivity contribution in [3.63, 3.8) is 0 Å². The first-order chi connectivity index (χ1) is 15.2. The topological polar surface area (TPSA) is 79.2 Å². The molecular weight excluding hydrogens is 392 g/mol. The van der Waals surface area contributed by atoms with Crippen LogP contribution in [0.5, 0.6) is 0 Å². The quantitative estimate of drug-likeness (QED) is 0.158. The predicted octanol–water partition coefficient (Wildman–Crippen LogP) is 5.65. The van der Waals surface area contributed by atoms with Gasteiger partial charge < -0.3 is 24.8 Å². The van der Waals surface area contributed by atoms with E-state index in [0.717, 1.165) is 12.8 Å². The Balaban J connectivity index is 1.83. The van der Waals surface area contributed by atoms with Crippen LogP contribution in [0.25, 0.3) is 0 Å². The van der Waals surface area contributed by atoms with Gasteiger partial charge in [0.25, 0.3) is 0 Å². The smallest absolute Gasteiger partial charge is 0.149 e. The SMILES string of the molecule is CCCCCCCCCCCCCCCCCC/C=C/O[C@@H](CO)[C@@H]1OC[C@@H](O)[C@@H]1O. The number of unbranched alkanes of at least 4 members (excludes halogenated alkanes) is 16. The molecule has 0 unspecified atom stereocenters. The number of ether oxygens (including phenoxy) is 2. The summed E-state index contributed by atoms with van der Waals surface area (Å²) in [7, 11) is 0. The van der Waals surface area contributed by atoms with Crippen molar-refractivity contribution >= 4 is 0 Å². The second-order valence-corrected chi connectivity index (χ2v) is 9.18. The summed E-state index contributed by atoms with van der Waals surface area (Å²) in [6, 6.07) is 0. The molecule has 0 aromatic heterocycles. The highest BCUT2D eigenvalue weighted by atomic mass is 16.6. The Hall–Kier alpha value is -0.620. The van der Waals surface area contributed by atoms with Gasteiger partial charge in [-0.25, -0.2) is 0 Å². The van der Waals surface area contributed by atoms with Crippen molar-refractivity contribution in [2.24, 2.45) is 0 Å². The fourth-order valence-corrected chi connectivity index (χ4v) is 4.21. The lowest BCUT2D eigenvalue weighted by Gasteiger charge is -2.23. The average molecular weight is 443 g/mol. The number of aliphatic hydroxyl groups excluding tert-OH is 3. The summed E-state index contributed by atoms with van der Waals surface area (Å²) in [5, 5.41) is 28.8. The summed E-state index contributed by atoms with van der Waals surface area (Å²) in [6.07, 6.45) is 23.2. The molecule has 0 saturated carbocycles. The first kappa shape index (κ1) is 28.4. The number of hydrogen-bond donors (Lipinski definition) is 3. The van der Waals surface area contributed by atoms with Gasteiger partial charge in [0.1, 0.15) is 24.4 Å². The first-order valence-corrected chi connectivity index (χ1v) is 13.1. The number of aliphatic hydroxyl groups is 3. The summed E-state index contributed by atoms with van der Waals surface area (Å²) in [6.45, 7) is 2.10. The van der Waals surface area contributed by atoms with Gasteiger partial charge in [-0.1, -0.05) is 103 Å². The third-order valence-corrected chi connectivity index (χ3v) is 6.31. The molecule has 1 heterocycles. The van der Waals surface area contributed by atoms with Crippen LogP contribution in [-0.4, -0.2) is 52.9 Å². The zero-order valence-electron chi connectivity index (χ0n) is 20.1. The van der Waals surface area contributed by atoms with Gasteiger partial charge in [0, 0.05) is 0 Å². The third-order valence-electron chi connectivity index (χ3n) is 6.31. The summed E-state index contributed by atoms with van der Waals surface area (Å²) >= 11 is 0. The van der Waals surface area contributed by atoms with E-state index in [9.17, 15) is 15.3 Å². The minimum absolute atomic E-state index is 0.0780. The molecule has 4 atom stereocenters. The van der Waals surface area contributed by atoms with Crippen LogP contribution in [0.4, 0.5) is 0 Å². The predicted molar refractivity (Wildman–Crippen MR) is 127 cm³/mol. The molecule has 1 rings (SSSR count). The summed E-state index contributed by atoms with van der Waals surface area (Å²) in [5.41, 5.74) is 0. The van der Waals surface area contributed by atoms with Crippen LogP contribution in [0.15, 0.2) is 12.3 Å². The van der Waals surface area contributed by atoms with Crippen LogP contribution < -0.4 is 0 Å². The van der Waals surface area contributed by atoms with Gasteiger partial charge in [-0.15, -0.1) is 0 Å². The monoisotopic (exact) mass is 442 g/mol. The molecule has 0 spiro atoms. The Labute approximate surface area is 191 Å². The van der Waals surface area contributed by atoms with E-state index in [0.29, 0.717) is 0 Å². The number of rotatable bonds is 21. The van der Waals surface area contributed by atoms with E-state index in [2.05, 4.69) is 6.92 Å². The number of allylic oxidation sites excluding steroid dienone is 1. The Morgan fingerprint density at radius 1 is 0.806 bits per heavy atom. The molecule has 0 aromatic rings. The van der Waals surface area contributed by atoms with E-state index in [1.54, 1.807) is 6.26 Å². The van der Waals surface area contributed by atoms with Gasteiger partial charge in [-0.2, -0.15) is 0 Å². The van der Waals surface area contributed by atoms with Gasteiger partial charge in [-0.3, -0.25) is 0 Å². The highest BCUT2D eigenvalue weighted by Crippen LogP contribution is 2.20. The molecule has 0 bridgehead atoms. The van der Waals surface area contributed by atoms with Crippen LogP contribution in [0, 0.1) is 0 Å². The molecule has 1 aliphatic heterocycles. The van der Waals surface area contributed by atoms with Crippen LogP contribution >= 0.6 is 0 Å². The summed E-state index contributed by atoms with van der Waals surface area (Å²) in [5.74, 6) is 0. The Morgan fingerprint density at radius 2 is 1.29 bits per heavy atom. The highest BCUT2D eigenvalue weighted by molar-refractivity contribution is 4.90. The Kier molecular flexibility index (Phi) is 18.3. The van der Waals surface area contributed by atoms with Gasteiger partial charge in [-0.05, 0) is 18.9 Å². The lowest BCUT2D eigenvalue weighted by molar-refractivity contribution is -0.0737. The lowest BCUT2D eigenvalue weighted by atomic mass is 10.0. The standard InChI is InChI=1S/C26H50O5/c1-2-3-4-5-6-7-8-9-10-11-12-13-14-15-16-17-18-19-20-30-24(21-27)26-25(29)23(28)22-31-26/h19-20,23-29H,2-18,21-22H2,1H3/b20-19+/t23-,24+,25+,26+/m1/s1. The largest absolute Gasteiger partial charge is 0.493 e. The van der Waals surface area contributed by atoms with Crippen molar-refractivity contribution in [2.75, 3.05) is 13.2 Å². The minimum atomic E-state index is -1.01. The average Bonchev–Trinajstić information content (AvgIpc) is 3.11. The molecular formula is C26H50O5. The van der Waals surface area contributed by atoms with Crippen molar-refractivity contribution in [3.8, 4) is 0 Å². The lowest BCUT2D eigenvalue weighted by Crippen LogP contribution is -2.41. The molecule has 0 aromatic carbocycles. The maximum absolute atomic E-state index is 9.83. The highest BCUT2D eigenvalue weighted by Gasteiger charge is 2.40. The summed E-state index contributed by atoms with van der Waals surface area (Å²) < 4.78 is 10.8. The van der Waals surface area contributed by atoms with E-state index in [1.165, 1.54) is 96.3 Å². The van der Waals surface area contributed by atoms with Crippen LogP contribution in [0.3, 0.4) is 0 Å². The molecule has 0 amide bonds. The molecule has 1 aliphatic rings. The van der Waals surface area contributed by atoms with Crippen LogP contribution in [0.2, 0.25) is 0 Å². The van der Waals surface area contributed by atoms with Gasteiger partial charge in [0.15, 0.2) is 0 Å². The molecule has 31 heavy (non-hydrogen) atoms. The molecule has 5 heteroatoms. The van der Waals surface area contributed by atoms with Crippen molar-refractivity contribution in [3.05, 3.63) is 12.3 Å². The maximum atomic E-state index is 9.83. The second-order valence-electron chi connectivity index (χ2n) is 9.18. The number of hydrogen-bond acceptors (Lipinski definition) is 5. The molecule has 0 radical (unpaired) electrons. The van der Waals surface area contributed by atoms with Crippen molar-refractivity contribution in [1.82, 2.24) is 0 Å². The van der Waals surface area contributed by atoms with Crippen molar-refractivity contribution in [1.29, 1.82) is 0 Å². The van der Waals surface area contributed by atoms with Crippen LogP contribution in [-0.2, 0) is 9.47 Å². The van der Waals surface area contributed by atoms with Crippen molar-refractivity contribution in [2.45, 2.75) is 140 Å². The molecule has 1 fully saturated rings. The van der Waals surface area contributed by atoms with E-state index < -0.39 is 24.4 Å². The van der Waals surface area contributed by atoms with E-state index in [-0.39, 0.29) is 13.2 Å². The Bertz CT molecular complexity index is 415. The van der Waals surface area contributed by atoms with E-state index in [4.69, 9.17) is 9.47 Å². The van der Waals surface area contributed by atoms with Gasteiger partial charge in [0.2, 0.25) is 0 Å². The minimum Gasteiger partial charge on any atom is -0.493 e. The fourth-order valence-electron chi connectivity index (χ4n) is 4.21. The summed E-state index contributed by atoms with van der Waals surface area (Å²) in [4.78, 5) is 0. The molecule has 3 N–H and O–H groups in total. The zero-order chi connectivity index (χ0) is 22.6.